The minimum atomic E-state index is -0.440. The van der Waals surface area contributed by atoms with Crippen LogP contribution in [-0.4, -0.2) is 30.4 Å². The largest absolute Gasteiger partial charge is 0.496 e. The molecule has 128 valence electrons. The van der Waals surface area contributed by atoms with Crippen molar-refractivity contribution in [1.29, 1.82) is 5.26 Å². The molecule has 0 saturated heterocycles. The highest BCUT2D eigenvalue weighted by Crippen LogP contribution is 2.42. The topological polar surface area (TPSA) is 88.0 Å². The maximum atomic E-state index is 12.0. The van der Waals surface area contributed by atoms with Crippen LogP contribution >= 0.6 is 0 Å². The highest BCUT2D eigenvalue weighted by molar-refractivity contribution is 5.95. The van der Waals surface area contributed by atoms with Gasteiger partial charge in [-0.2, -0.15) is 10.4 Å². The molecule has 1 aliphatic rings. The summed E-state index contributed by atoms with van der Waals surface area (Å²) in [5.41, 5.74) is 6.73. The van der Waals surface area contributed by atoms with Gasteiger partial charge in [0.2, 0.25) is 0 Å². The fourth-order valence-electron chi connectivity index (χ4n) is 3.33. The van der Waals surface area contributed by atoms with Crippen molar-refractivity contribution in [2.24, 2.45) is 0 Å². The lowest BCUT2D eigenvalue weighted by Crippen LogP contribution is -2.05. The van der Waals surface area contributed by atoms with E-state index in [1.54, 1.807) is 18.2 Å². The van der Waals surface area contributed by atoms with Gasteiger partial charge in [0.05, 0.1) is 37.2 Å². The number of carbonyl (C=O) groups is 1. The van der Waals surface area contributed by atoms with Crippen molar-refractivity contribution in [3.05, 3.63) is 58.7 Å². The molecule has 0 aliphatic heterocycles. The van der Waals surface area contributed by atoms with E-state index in [2.05, 4.69) is 16.3 Å². The van der Waals surface area contributed by atoms with Crippen LogP contribution in [0.4, 0.5) is 0 Å². The number of aromatic amines is 1. The Kier molecular flexibility index (Phi) is 3.70. The molecule has 1 heterocycles. The van der Waals surface area contributed by atoms with Gasteiger partial charge in [-0.05, 0) is 29.8 Å². The molecule has 4 rings (SSSR count). The van der Waals surface area contributed by atoms with Crippen LogP contribution in [-0.2, 0) is 11.2 Å². The molecule has 0 bridgehead atoms. The molecular weight excluding hydrogens is 330 g/mol. The maximum Gasteiger partial charge on any atom is 0.341 e. The Balaban J connectivity index is 1.81. The molecule has 1 aromatic heterocycles. The van der Waals surface area contributed by atoms with Crippen molar-refractivity contribution in [3.63, 3.8) is 0 Å². The average Bonchev–Trinajstić information content (AvgIpc) is 3.25. The minimum Gasteiger partial charge on any atom is -0.496 e. The number of hydrogen-bond acceptors (Lipinski definition) is 5. The van der Waals surface area contributed by atoms with Crippen molar-refractivity contribution in [3.8, 4) is 34.3 Å². The lowest BCUT2D eigenvalue weighted by molar-refractivity contribution is 0.0597. The first kappa shape index (κ1) is 15.9. The van der Waals surface area contributed by atoms with Crippen LogP contribution in [0.5, 0.6) is 5.75 Å². The lowest BCUT2D eigenvalue weighted by Gasteiger charge is -2.10. The van der Waals surface area contributed by atoms with Crippen LogP contribution < -0.4 is 4.74 Å². The lowest BCUT2D eigenvalue weighted by atomic mass is 10.0. The molecule has 0 radical (unpaired) electrons. The molecule has 26 heavy (non-hydrogen) atoms. The summed E-state index contributed by atoms with van der Waals surface area (Å²) in [5, 5.41) is 16.5. The fourth-order valence-corrected chi connectivity index (χ4v) is 3.33. The Hall–Kier alpha value is -3.59. The third-order valence-electron chi connectivity index (χ3n) is 4.62. The molecule has 0 amide bonds. The zero-order valence-corrected chi connectivity index (χ0v) is 14.3. The Morgan fingerprint density at radius 3 is 2.65 bits per heavy atom. The van der Waals surface area contributed by atoms with E-state index in [1.165, 1.54) is 14.2 Å². The number of rotatable bonds is 3. The van der Waals surface area contributed by atoms with E-state index in [4.69, 9.17) is 14.7 Å². The number of H-pyrrole nitrogens is 1. The number of esters is 1. The van der Waals surface area contributed by atoms with Gasteiger partial charge in [-0.3, -0.25) is 5.10 Å². The quantitative estimate of drug-likeness (QED) is 0.576. The van der Waals surface area contributed by atoms with Crippen LogP contribution in [0.3, 0.4) is 0 Å². The molecule has 0 atom stereocenters. The van der Waals surface area contributed by atoms with Gasteiger partial charge in [-0.15, -0.1) is 0 Å². The molecule has 0 fully saturated rings. The van der Waals surface area contributed by atoms with E-state index in [0.717, 1.165) is 33.6 Å². The molecule has 0 spiro atoms. The number of methoxy groups -OCH3 is 2. The Labute approximate surface area is 150 Å². The van der Waals surface area contributed by atoms with E-state index in [1.807, 2.05) is 18.2 Å². The predicted octanol–water partition coefficient (Wildman–Crippen LogP) is 3.31. The number of benzene rings is 2. The van der Waals surface area contributed by atoms with Crippen molar-refractivity contribution < 1.29 is 14.3 Å². The summed E-state index contributed by atoms with van der Waals surface area (Å²) >= 11 is 0. The Morgan fingerprint density at radius 2 is 2.00 bits per heavy atom. The van der Waals surface area contributed by atoms with E-state index in [-0.39, 0.29) is 0 Å². The number of fused-ring (bicyclic) bond motifs is 3. The monoisotopic (exact) mass is 345 g/mol. The number of aromatic nitrogens is 2. The summed E-state index contributed by atoms with van der Waals surface area (Å²) in [5.74, 6) is 0.0542. The number of nitrogens with one attached hydrogen (secondary N) is 1. The van der Waals surface area contributed by atoms with Gasteiger partial charge in [-0.25, -0.2) is 4.79 Å². The van der Waals surface area contributed by atoms with Crippen LogP contribution in [0.1, 0.15) is 27.0 Å². The summed E-state index contributed by atoms with van der Waals surface area (Å²) in [7, 11) is 2.88. The summed E-state index contributed by atoms with van der Waals surface area (Å²) < 4.78 is 10.2. The minimum absolute atomic E-state index is 0.385. The first-order valence-electron chi connectivity index (χ1n) is 8.03. The molecule has 6 heteroatoms. The van der Waals surface area contributed by atoms with Gasteiger partial charge in [0.1, 0.15) is 11.3 Å². The van der Waals surface area contributed by atoms with E-state index in [9.17, 15) is 4.79 Å². The highest BCUT2D eigenvalue weighted by atomic mass is 16.5. The zero-order chi connectivity index (χ0) is 18.3. The van der Waals surface area contributed by atoms with Crippen LogP contribution in [0, 0.1) is 11.3 Å². The summed E-state index contributed by atoms with van der Waals surface area (Å²) in [6, 6.07) is 13.1. The molecule has 1 aliphatic carbocycles. The van der Waals surface area contributed by atoms with E-state index < -0.39 is 5.97 Å². The second kappa shape index (κ2) is 6.05. The first-order chi connectivity index (χ1) is 12.7. The smallest absolute Gasteiger partial charge is 0.341 e. The van der Waals surface area contributed by atoms with Gasteiger partial charge in [-0.1, -0.05) is 12.1 Å². The van der Waals surface area contributed by atoms with Crippen LogP contribution in [0.25, 0.3) is 22.5 Å². The molecule has 2 aromatic carbocycles. The molecule has 3 aromatic rings. The van der Waals surface area contributed by atoms with Gasteiger partial charge in [0.15, 0.2) is 0 Å². The normalized spacial score (nSPS) is 11.4. The third-order valence-corrected chi connectivity index (χ3v) is 4.62. The van der Waals surface area contributed by atoms with Crippen molar-refractivity contribution in [2.75, 3.05) is 14.2 Å². The third kappa shape index (κ3) is 2.33. The number of nitriles is 1. The number of ether oxygens (including phenoxy) is 2. The SMILES string of the molecule is COC(=O)c1cc2c(cc1OC)Cc1c(-c3ccc(C#N)cc3)n[nH]c1-2. The van der Waals surface area contributed by atoms with Crippen LogP contribution in [0.2, 0.25) is 0 Å². The number of nitrogens with zero attached hydrogens (tertiary/aromatic N) is 2. The Morgan fingerprint density at radius 1 is 1.23 bits per heavy atom. The van der Waals surface area contributed by atoms with Crippen molar-refractivity contribution >= 4 is 5.97 Å². The van der Waals surface area contributed by atoms with Crippen LogP contribution in [0.15, 0.2) is 36.4 Å². The zero-order valence-electron chi connectivity index (χ0n) is 14.3. The summed E-state index contributed by atoms with van der Waals surface area (Å²) in [6.45, 7) is 0. The maximum absolute atomic E-state index is 12.0. The second-order valence-electron chi connectivity index (χ2n) is 5.99. The fraction of sp³-hybridized carbons (Fsp3) is 0.150. The number of carbonyl (C=O) groups excluding carboxylic acids is 1. The van der Waals surface area contributed by atoms with Gasteiger partial charge < -0.3 is 9.47 Å². The van der Waals surface area contributed by atoms with Gasteiger partial charge in [0.25, 0.3) is 0 Å². The Bertz CT molecular complexity index is 1060. The van der Waals surface area contributed by atoms with Gasteiger partial charge >= 0.3 is 5.97 Å². The summed E-state index contributed by atoms with van der Waals surface area (Å²) in [4.78, 5) is 12.0. The summed E-state index contributed by atoms with van der Waals surface area (Å²) in [6.07, 6.45) is 0.689. The van der Waals surface area contributed by atoms with E-state index in [0.29, 0.717) is 23.3 Å². The number of hydrogen-bond donors (Lipinski definition) is 1. The van der Waals surface area contributed by atoms with E-state index >= 15 is 0 Å². The molecule has 0 saturated carbocycles. The molecule has 0 unspecified atom stereocenters. The van der Waals surface area contributed by atoms with Crippen molar-refractivity contribution in [2.45, 2.75) is 6.42 Å². The van der Waals surface area contributed by atoms with Gasteiger partial charge in [0, 0.05) is 23.1 Å². The standard InChI is InChI=1S/C20H15N3O3/c1-25-17-8-13-7-16-18(12-5-3-11(10-21)4-6-12)22-23-19(16)14(13)9-15(17)20(24)26-2/h3-6,8-9H,7H2,1-2H3,(H,22,23). The molecular formula is C20H15N3O3. The average molecular weight is 345 g/mol. The molecule has 1 N–H and O–H groups in total. The van der Waals surface area contributed by atoms with Crippen molar-refractivity contribution in [1.82, 2.24) is 10.2 Å². The molecule has 6 nitrogen and oxygen atoms in total. The first-order valence-corrected chi connectivity index (χ1v) is 8.03. The highest BCUT2D eigenvalue weighted by Gasteiger charge is 2.28. The predicted molar refractivity (Wildman–Crippen MR) is 94.9 cm³/mol. The second-order valence-corrected chi connectivity index (χ2v) is 5.99.